The summed E-state index contributed by atoms with van der Waals surface area (Å²) in [6.45, 7) is 12.4. The van der Waals surface area contributed by atoms with Gasteiger partial charge in [-0.2, -0.15) is 0 Å². The maximum Gasteiger partial charge on any atom is 0.120 e. The van der Waals surface area contributed by atoms with Crippen LogP contribution in [0, 0.1) is 0 Å². The highest BCUT2D eigenvalue weighted by Gasteiger charge is 2.18. The monoisotopic (exact) mass is 406 g/mol. The third-order valence-electron chi connectivity index (χ3n) is 4.05. The van der Waals surface area contributed by atoms with Gasteiger partial charge in [0.2, 0.25) is 0 Å². The summed E-state index contributed by atoms with van der Waals surface area (Å²) in [6.07, 6.45) is 0. The van der Waals surface area contributed by atoms with E-state index in [9.17, 15) is 0 Å². The van der Waals surface area contributed by atoms with Crippen molar-refractivity contribution < 1.29 is 9.47 Å². The van der Waals surface area contributed by atoms with E-state index in [2.05, 4.69) is 120 Å². The number of ether oxygens (including phenoxy) is 2. The zero-order valence-corrected chi connectivity index (χ0v) is 19.2. The van der Waals surface area contributed by atoms with E-state index in [1.165, 1.54) is 15.9 Å². The Kier molecular flexibility index (Phi) is 6.34. The van der Waals surface area contributed by atoms with Gasteiger partial charge in [0.25, 0.3) is 0 Å². The average molecular weight is 407 g/mol. The van der Waals surface area contributed by atoms with Gasteiger partial charge in [-0.15, -0.1) is 0 Å². The van der Waals surface area contributed by atoms with E-state index >= 15 is 0 Å². The van der Waals surface area contributed by atoms with E-state index in [1.54, 1.807) is 0 Å². The van der Waals surface area contributed by atoms with E-state index < -0.39 is 7.92 Å². The molecule has 2 nitrogen and oxygen atoms in total. The van der Waals surface area contributed by atoms with Crippen molar-refractivity contribution in [3.63, 3.8) is 0 Å². The van der Waals surface area contributed by atoms with Crippen LogP contribution in [0.5, 0.6) is 11.5 Å². The summed E-state index contributed by atoms with van der Waals surface area (Å²) in [5.41, 5.74) is -0.400. The second-order valence-corrected chi connectivity index (χ2v) is 11.3. The van der Waals surface area contributed by atoms with Crippen LogP contribution in [-0.2, 0) is 0 Å². The molecule has 0 saturated heterocycles. The number of benzene rings is 3. The predicted molar refractivity (Wildman–Crippen MR) is 126 cm³/mol. The van der Waals surface area contributed by atoms with Crippen LogP contribution in [0.15, 0.2) is 78.9 Å². The van der Waals surface area contributed by atoms with Crippen LogP contribution in [-0.4, -0.2) is 11.2 Å². The Morgan fingerprint density at radius 1 is 0.483 bits per heavy atom. The van der Waals surface area contributed by atoms with Crippen molar-refractivity contribution in [3.05, 3.63) is 78.9 Å². The Labute approximate surface area is 176 Å². The third-order valence-corrected chi connectivity index (χ3v) is 6.50. The van der Waals surface area contributed by atoms with Gasteiger partial charge in [-0.3, -0.25) is 0 Å². The van der Waals surface area contributed by atoms with Gasteiger partial charge < -0.3 is 9.47 Å². The first-order valence-corrected chi connectivity index (χ1v) is 11.4. The fourth-order valence-electron chi connectivity index (χ4n) is 3.06. The van der Waals surface area contributed by atoms with Crippen molar-refractivity contribution in [2.45, 2.75) is 52.7 Å². The number of hydrogen-bond donors (Lipinski definition) is 0. The standard InChI is InChI=1S/C26H31O2P/c1-25(2,3)27-20-12-16-23(17-13-20)29(22-10-8-7-9-11-22)24-18-14-21(15-19-24)28-26(4,5)6/h7-19H,1-6H3. The lowest BCUT2D eigenvalue weighted by Crippen LogP contribution is -2.24. The predicted octanol–water partition coefficient (Wildman–Crippen LogP) is 5.80. The maximum absolute atomic E-state index is 6.00. The smallest absolute Gasteiger partial charge is 0.120 e. The van der Waals surface area contributed by atoms with Gasteiger partial charge in [0.1, 0.15) is 22.7 Å². The molecule has 0 aliphatic heterocycles. The van der Waals surface area contributed by atoms with Crippen LogP contribution < -0.4 is 25.4 Å². The van der Waals surface area contributed by atoms with Gasteiger partial charge in [0.15, 0.2) is 0 Å². The normalized spacial score (nSPS) is 12.1. The molecule has 0 aliphatic rings. The average Bonchev–Trinajstić information content (AvgIpc) is 2.63. The van der Waals surface area contributed by atoms with Crippen molar-refractivity contribution in [2.24, 2.45) is 0 Å². The van der Waals surface area contributed by atoms with Crippen LogP contribution >= 0.6 is 7.92 Å². The molecule has 0 aromatic heterocycles. The minimum atomic E-state index is -0.648. The molecule has 0 N–H and O–H groups in total. The van der Waals surface area contributed by atoms with Crippen LogP contribution in [0.2, 0.25) is 0 Å². The van der Waals surface area contributed by atoms with Crippen molar-refractivity contribution in [1.82, 2.24) is 0 Å². The Bertz CT molecular complexity index is 843. The Balaban J connectivity index is 1.94. The molecule has 0 unspecified atom stereocenters. The lowest BCUT2D eigenvalue weighted by atomic mass is 10.2. The van der Waals surface area contributed by atoms with Crippen molar-refractivity contribution in [1.29, 1.82) is 0 Å². The molecule has 0 radical (unpaired) electrons. The summed E-state index contributed by atoms with van der Waals surface area (Å²) >= 11 is 0. The molecule has 0 spiro atoms. The van der Waals surface area contributed by atoms with E-state index in [0.29, 0.717) is 0 Å². The molecule has 0 fully saturated rings. The Morgan fingerprint density at radius 3 is 1.17 bits per heavy atom. The minimum absolute atomic E-state index is 0.200. The summed E-state index contributed by atoms with van der Waals surface area (Å²) in [4.78, 5) is 0. The molecular weight excluding hydrogens is 375 g/mol. The first kappa shape index (κ1) is 21.4. The second-order valence-electron chi connectivity index (χ2n) is 9.09. The molecule has 29 heavy (non-hydrogen) atoms. The molecule has 0 aliphatic carbocycles. The molecule has 3 heteroatoms. The highest BCUT2D eigenvalue weighted by atomic mass is 31.1. The van der Waals surface area contributed by atoms with Gasteiger partial charge >= 0.3 is 0 Å². The van der Waals surface area contributed by atoms with Gasteiger partial charge in [-0.1, -0.05) is 54.6 Å². The first-order chi connectivity index (χ1) is 13.6. The fraction of sp³-hybridized carbons (Fsp3) is 0.308. The van der Waals surface area contributed by atoms with Crippen molar-refractivity contribution >= 4 is 23.8 Å². The van der Waals surface area contributed by atoms with Gasteiger partial charge in [0, 0.05) is 0 Å². The van der Waals surface area contributed by atoms with Crippen molar-refractivity contribution in [3.8, 4) is 11.5 Å². The molecule has 0 saturated carbocycles. The zero-order valence-electron chi connectivity index (χ0n) is 18.3. The highest BCUT2D eigenvalue weighted by molar-refractivity contribution is 7.79. The molecule has 3 aromatic carbocycles. The van der Waals surface area contributed by atoms with E-state index in [1.807, 2.05) is 0 Å². The van der Waals surface area contributed by atoms with Gasteiger partial charge in [-0.25, -0.2) is 0 Å². The largest absolute Gasteiger partial charge is 0.488 e. The molecular formula is C26H31O2P. The fourth-order valence-corrected chi connectivity index (χ4v) is 5.32. The molecule has 152 valence electrons. The molecule has 3 aromatic rings. The third kappa shape index (κ3) is 6.34. The number of rotatable bonds is 5. The quantitative estimate of drug-likeness (QED) is 0.499. The SMILES string of the molecule is CC(C)(C)Oc1ccc(P(c2ccccc2)c2ccc(OC(C)(C)C)cc2)cc1. The van der Waals surface area contributed by atoms with Gasteiger partial charge in [-0.05, 0) is 89.6 Å². The van der Waals surface area contributed by atoms with E-state index in [4.69, 9.17) is 9.47 Å². The molecule has 0 amide bonds. The Morgan fingerprint density at radius 2 is 0.828 bits per heavy atom. The lowest BCUT2D eigenvalue weighted by Gasteiger charge is -2.24. The maximum atomic E-state index is 6.00. The van der Waals surface area contributed by atoms with Crippen LogP contribution in [0.4, 0.5) is 0 Å². The van der Waals surface area contributed by atoms with Crippen LogP contribution in [0.1, 0.15) is 41.5 Å². The summed E-state index contributed by atoms with van der Waals surface area (Å²) in [5.74, 6) is 1.80. The number of hydrogen-bond acceptors (Lipinski definition) is 2. The molecule has 3 rings (SSSR count). The van der Waals surface area contributed by atoms with Gasteiger partial charge in [0.05, 0.1) is 0 Å². The van der Waals surface area contributed by atoms with E-state index in [0.717, 1.165) is 11.5 Å². The molecule has 0 heterocycles. The molecule has 0 bridgehead atoms. The van der Waals surface area contributed by atoms with E-state index in [-0.39, 0.29) is 11.2 Å². The lowest BCUT2D eigenvalue weighted by molar-refractivity contribution is 0.130. The molecule has 0 atom stereocenters. The first-order valence-electron chi connectivity index (χ1n) is 10.0. The second kappa shape index (κ2) is 8.59. The Hall–Kier alpha value is -2.31. The zero-order chi connectivity index (χ0) is 21.1. The summed E-state index contributed by atoms with van der Waals surface area (Å²) in [7, 11) is -0.648. The summed E-state index contributed by atoms with van der Waals surface area (Å²) in [6, 6.07) is 27.8. The van der Waals surface area contributed by atoms with Crippen molar-refractivity contribution in [2.75, 3.05) is 0 Å². The summed E-state index contributed by atoms with van der Waals surface area (Å²) < 4.78 is 12.0. The van der Waals surface area contributed by atoms with Crippen LogP contribution in [0.3, 0.4) is 0 Å². The summed E-state index contributed by atoms with van der Waals surface area (Å²) in [5, 5.41) is 3.94. The van der Waals surface area contributed by atoms with Crippen LogP contribution in [0.25, 0.3) is 0 Å². The minimum Gasteiger partial charge on any atom is -0.488 e. The highest BCUT2D eigenvalue weighted by Crippen LogP contribution is 2.34. The topological polar surface area (TPSA) is 18.5 Å².